The molecule has 0 radical (unpaired) electrons. The van der Waals surface area contributed by atoms with Gasteiger partial charge in [0, 0.05) is 56.3 Å². The number of fused-ring (bicyclic) bond motifs is 5. The minimum Gasteiger partial charge on any atom is -0.455 e. The van der Waals surface area contributed by atoms with Gasteiger partial charge in [0.2, 0.25) is 0 Å². The van der Waals surface area contributed by atoms with Gasteiger partial charge in [-0.05, 0) is 91.0 Å². The van der Waals surface area contributed by atoms with E-state index >= 15 is 0 Å². The van der Waals surface area contributed by atoms with Crippen LogP contribution in [-0.2, 0) is 0 Å². The lowest BCUT2D eigenvalue weighted by Gasteiger charge is -2.30. The number of hydrogen-bond donors (Lipinski definition) is 0. The second-order valence-corrected chi connectivity index (χ2v) is 13.8. The molecule has 4 nitrogen and oxygen atoms in total. The molecule has 0 aliphatic rings. The SMILES string of the molecule is c1ccc(N(c2ccccc2)c2cc(N(c3ccccc3)c3ccccc3)c3c(c2)oc2c4cccc(N(c5ccccc5)c5ccccc5)c4ccc23)cc1. The van der Waals surface area contributed by atoms with Gasteiger partial charge in [0.15, 0.2) is 0 Å². The Balaban J connectivity index is 1.28. The molecule has 9 aromatic carbocycles. The topological polar surface area (TPSA) is 22.9 Å². The van der Waals surface area contributed by atoms with Gasteiger partial charge in [0.1, 0.15) is 11.2 Å². The summed E-state index contributed by atoms with van der Waals surface area (Å²) < 4.78 is 7.17. The van der Waals surface area contributed by atoms with Crippen LogP contribution in [0.2, 0.25) is 0 Å². The zero-order valence-corrected chi connectivity index (χ0v) is 30.6. The number of anilines is 9. The first-order valence-corrected chi connectivity index (χ1v) is 18.9. The molecule has 0 saturated heterocycles. The van der Waals surface area contributed by atoms with Crippen LogP contribution in [0.5, 0.6) is 0 Å². The van der Waals surface area contributed by atoms with Gasteiger partial charge >= 0.3 is 0 Å². The molecule has 56 heavy (non-hydrogen) atoms. The summed E-state index contributed by atoms with van der Waals surface area (Å²) in [7, 11) is 0. The van der Waals surface area contributed by atoms with Crippen LogP contribution < -0.4 is 14.7 Å². The maximum atomic E-state index is 7.17. The normalized spacial score (nSPS) is 11.2. The van der Waals surface area contributed by atoms with E-state index in [1.165, 1.54) is 0 Å². The lowest BCUT2D eigenvalue weighted by molar-refractivity contribution is 0.673. The molecule has 1 heterocycles. The van der Waals surface area contributed by atoms with Crippen molar-refractivity contribution in [1.82, 2.24) is 0 Å². The molecular formula is C52H37N3O. The fraction of sp³-hybridized carbons (Fsp3) is 0. The van der Waals surface area contributed by atoms with Crippen LogP contribution in [0, 0.1) is 0 Å². The predicted octanol–water partition coefficient (Wildman–Crippen LogP) is 15.1. The molecule has 0 amide bonds. The van der Waals surface area contributed by atoms with E-state index in [1.807, 2.05) is 0 Å². The van der Waals surface area contributed by atoms with Gasteiger partial charge in [-0.2, -0.15) is 0 Å². The summed E-state index contributed by atoms with van der Waals surface area (Å²) in [6.45, 7) is 0. The molecular weight excluding hydrogens is 683 g/mol. The van der Waals surface area contributed by atoms with Crippen molar-refractivity contribution in [2.45, 2.75) is 0 Å². The van der Waals surface area contributed by atoms with Gasteiger partial charge in [0.05, 0.1) is 22.4 Å². The Hall–Kier alpha value is -7.56. The average Bonchev–Trinajstić information content (AvgIpc) is 3.66. The fourth-order valence-corrected chi connectivity index (χ4v) is 7.93. The van der Waals surface area contributed by atoms with Crippen LogP contribution in [0.25, 0.3) is 32.7 Å². The number of para-hydroxylation sites is 6. The molecule has 0 aliphatic carbocycles. The predicted molar refractivity (Wildman–Crippen MR) is 235 cm³/mol. The van der Waals surface area contributed by atoms with E-state index in [2.05, 4.69) is 239 Å². The Morgan fingerprint density at radius 2 is 0.661 bits per heavy atom. The Morgan fingerprint density at radius 1 is 0.268 bits per heavy atom. The highest BCUT2D eigenvalue weighted by atomic mass is 16.3. The van der Waals surface area contributed by atoms with E-state index in [0.29, 0.717) is 0 Å². The van der Waals surface area contributed by atoms with Crippen molar-refractivity contribution in [2.24, 2.45) is 0 Å². The minimum atomic E-state index is 0.808. The maximum Gasteiger partial charge on any atom is 0.143 e. The van der Waals surface area contributed by atoms with Crippen molar-refractivity contribution in [1.29, 1.82) is 0 Å². The summed E-state index contributed by atoms with van der Waals surface area (Å²) in [6, 6.07) is 78.9. The van der Waals surface area contributed by atoms with Crippen molar-refractivity contribution in [3.8, 4) is 0 Å². The van der Waals surface area contributed by atoms with Crippen LogP contribution in [0.3, 0.4) is 0 Å². The standard InChI is InChI=1S/C52H37N3O/c1-7-20-38(21-8-1)53(39-22-9-2-10-23-39)44-36-49(55(42-28-15-5-16-29-42)43-30-17-6-18-31-43)51-47-35-34-45-46(52(47)56-50(51)37-44)32-19-33-48(45)54(40-24-11-3-12-25-40)41-26-13-4-14-27-41/h1-37H. The molecule has 266 valence electrons. The summed E-state index contributed by atoms with van der Waals surface area (Å²) in [5.41, 5.74) is 11.2. The molecule has 0 spiro atoms. The summed E-state index contributed by atoms with van der Waals surface area (Å²) in [6.07, 6.45) is 0. The molecule has 4 heteroatoms. The lowest BCUT2D eigenvalue weighted by Crippen LogP contribution is -2.13. The number of hydrogen-bond acceptors (Lipinski definition) is 4. The zero-order valence-electron chi connectivity index (χ0n) is 30.6. The van der Waals surface area contributed by atoms with E-state index in [1.54, 1.807) is 0 Å². The number of furan rings is 1. The second-order valence-electron chi connectivity index (χ2n) is 13.8. The van der Waals surface area contributed by atoms with Crippen LogP contribution >= 0.6 is 0 Å². The molecule has 0 bridgehead atoms. The van der Waals surface area contributed by atoms with Crippen molar-refractivity contribution in [2.75, 3.05) is 14.7 Å². The molecule has 0 fully saturated rings. The van der Waals surface area contributed by atoms with Crippen molar-refractivity contribution in [3.63, 3.8) is 0 Å². The molecule has 0 aliphatic heterocycles. The zero-order chi connectivity index (χ0) is 37.3. The first-order valence-electron chi connectivity index (χ1n) is 18.9. The first kappa shape index (κ1) is 33.0. The van der Waals surface area contributed by atoms with Gasteiger partial charge in [-0.15, -0.1) is 0 Å². The first-order chi connectivity index (χ1) is 27.8. The quantitative estimate of drug-likeness (QED) is 0.148. The Bertz CT molecular complexity index is 2780. The van der Waals surface area contributed by atoms with E-state index in [9.17, 15) is 0 Å². The number of nitrogens with zero attached hydrogens (tertiary/aromatic N) is 3. The highest BCUT2D eigenvalue weighted by Gasteiger charge is 2.25. The van der Waals surface area contributed by atoms with Crippen molar-refractivity contribution < 1.29 is 4.42 Å². The molecule has 0 atom stereocenters. The largest absolute Gasteiger partial charge is 0.455 e. The average molecular weight is 720 g/mol. The Labute approximate surface area is 326 Å². The number of rotatable bonds is 9. The van der Waals surface area contributed by atoms with Crippen LogP contribution in [0.1, 0.15) is 0 Å². The van der Waals surface area contributed by atoms with Gasteiger partial charge in [-0.3, -0.25) is 0 Å². The lowest BCUT2D eigenvalue weighted by atomic mass is 10.0. The summed E-state index contributed by atoms with van der Waals surface area (Å²) in [5.74, 6) is 0. The van der Waals surface area contributed by atoms with Gasteiger partial charge in [-0.25, -0.2) is 0 Å². The summed E-state index contributed by atoms with van der Waals surface area (Å²) >= 11 is 0. The molecule has 0 saturated carbocycles. The van der Waals surface area contributed by atoms with E-state index in [4.69, 9.17) is 4.42 Å². The van der Waals surface area contributed by atoms with Crippen molar-refractivity contribution >= 4 is 83.9 Å². The van der Waals surface area contributed by atoms with Crippen molar-refractivity contribution in [3.05, 3.63) is 224 Å². The second kappa shape index (κ2) is 14.3. The molecule has 1 aromatic heterocycles. The molecule has 10 rings (SSSR count). The minimum absolute atomic E-state index is 0.808. The molecule has 10 aromatic rings. The third kappa shape index (κ3) is 5.90. The van der Waals surface area contributed by atoms with E-state index in [0.717, 1.165) is 83.9 Å². The Morgan fingerprint density at radius 3 is 1.11 bits per heavy atom. The third-order valence-corrected chi connectivity index (χ3v) is 10.4. The molecule has 0 unspecified atom stereocenters. The maximum absolute atomic E-state index is 7.17. The Kier molecular flexibility index (Phi) is 8.47. The van der Waals surface area contributed by atoms with Crippen LogP contribution in [0.15, 0.2) is 229 Å². The number of benzene rings is 9. The van der Waals surface area contributed by atoms with Gasteiger partial charge in [-0.1, -0.05) is 127 Å². The smallest absolute Gasteiger partial charge is 0.143 e. The monoisotopic (exact) mass is 719 g/mol. The van der Waals surface area contributed by atoms with Gasteiger partial charge in [0.25, 0.3) is 0 Å². The highest BCUT2D eigenvalue weighted by Crippen LogP contribution is 2.49. The van der Waals surface area contributed by atoms with E-state index in [-0.39, 0.29) is 0 Å². The third-order valence-electron chi connectivity index (χ3n) is 10.4. The summed E-state index contributed by atoms with van der Waals surface area (Å²) in [5, 5.41) is 4.26. The van der Waals surface area contributed by atoms with E-state index < -0.39 is 0 Å². The summed E-state index contributed by atoms with van der Waals surface area (Å²) in [4.78, 5) is 6.98. The fourth-order valence-electron chi connectivity index (χ4n) is 7.93. The van der Waals surface area contributed by atoms with Crippen LogP contribution in [0.4, 0.5) is 51.2 Å². The molecule has 0 N–H and O–H groups in total. The highest BCUT2D eigenvalue weighted by molar-refractivity contribution is 6.22. The van der Waals surface area contributed by atoms with Gasteiger partial charge < -0.3 is 19.1 Å². The van der Waals surface area contributed by atoms with Crippen LogP contribution in [-0.4, -0.2) is 0 Å².